The van der Waals surface area contributed by atoms with Gasteiger partial charge in [-0.2, -0.15) is 0 Å². The predicted molar refractivity (Wildman–Crippen MR) is 71.2 cm³/mol. The zero-order valence-electron chi connectivity index (χ0n) is 10.2. The van der Waals surface area contributed by atoms with Crippen molar-refractivity contribution in [3.8, 4) is 0 Å². The van der Waals surface area contributed by atoms with Crippen molar-refractivity contribution in [3.63, 3.8) is 0 Å². The molecule has 0 unspecified atom stereocenters. The van der Waals surface area contributed by atoms with Crippen molar-refractivity contribution in [2.45, 2.75) is 17.9 Å². The number of nitro benzene ring substituents is 1. The first-order valence-electron chi connectivity index (χ1n) is 5.41. The number of aliphatic hydroxyl groups is 2. The van der Waals surface area contributed by atoms with E-state index in [2.05, 4.69) is 5.32 Å². The zero-order valence-corrected chi connectivity index (χ0v) is 11.0. The van der Waals surface area contributed by atoms with E-state index < -0.39 is 11.0 Å². The van der Waals surface area contributed by atoms with E-state index in [1.165, 1.54) is 19.1 Å². The van der Waals surface area contributed by atoms with Crippen molar-refractivity contribution in [3.05, 3.63) is 28.3 Å². The molecule has 0 aliphatic carbocycles. The van der Waals surface area contributed by atoms with Gasteiger partial charge in [-0.1, -0.05) is 0 Å². The number of carbonyl (C=O) groups excluding carboxylic acids is 1. The molecule has 0 saturated carbocycles. The van der Waals surface area contributed by atoms with Gasteiger partial charge in [0.2, 0.25) is 5.91 Å². The lowest BCUT2D eigenvalue weighted by molar-refractivity contribution is -0.385. The van der Waals surface area contributed by atoms with Gasteiger partial charge < -0.3 is 15.5 Å². The van der Waals surface area contributed by atoms with Crippen molar-refractivity contribution < 1.29 is 19.9 Å². The van der Waals surface area contributed by atoms with Crippen molar-refractivity contribution in [2.75, 3.05) is 17.7 Å². The van der Waals surface area contributed by atoms with Crippen LogP contribution >= 0.6 is 11.8 Å². The third-order valence-electron chi connectivity index (χ3n) is 2.08. The number of benzene rings is 1. The Balaban J connectivity index is 2.92. The molecule has 0 heterocycles. The van der Waals surface area contributed by atoms with Crippen LogP contribution in [0.5, 0.6) is 0 Å². The molecule has 1 atom stereocenters. The highest BCUT2D eigenvalue weighted by Gasteiger charge is 2.12. The van der Waals surface area contributed by atoms with Crippen LogP contribution in [0.3, 0.4) is 0 Å². The molecule has 0 bridgehead atoms. The number of carbonyl (C=O) groups is 1. The molecule has 1 aromatic rings. The van der Waals surface area contributed by atoms with Gasteiger partial charge in [0, 0.05) is 35.4 Å². The lowest BCUT2D eigenvalue weighted by Crippen LogP contribution is -2.14. The van der Waals surface area contributed by atoms with E-state index in [0.29, 0.717) is 10.6 Å². The van der Waals surface area contributed by atoms with Gasteiger partial charge in [-0.05, 0) is 6.07 Å². The lowest BCUT2D eigenvalue weighted by Gasteiger charge is -2.08. The number of nitrogens with one attached hydrogen (secondary N) is 1. The number of rotatable bonds is 6. The molecule has 0 fully saturated rings. The fourth-order valence-electron chi connectivity index (χ4n) is 1.29. The van der Waals surface area contributed by atoms with Gasteiger partial charge in [0.1, 0.15) is 0 Å². The quantitative estimate of drug-likeness (QED) is 0.408. The summed E-state index contributed by atoms with van der Waals surface area (Å²) in [5.74, 6) is -0.121. The Morgan fingerprint density at radius 1 is 1.53 bits per heavy atom. The van der Waals surface area contributed by atoms with Gasteiger partial charge in [0.25, 0.3) is 5.69 Å². The van der Waals surface area contributed by atoms with E-state index in [-0.39, 0.29) is 24.0 Å². The molecule has 0 aliphatic heterocycles. The average Bonchev–Trinajstić information content (AvgIpc) is 2.34. The number of non-ortho nitro benzene ring substituents is 1. The van der Waals surface area contributed by atoms with Gasteiger partial charge in [0.15, 0.2) is 0 Å². The molecule has 104 valence electrons. The molecule has 7 nitrogen and oxygen atoms in total. The van der Waals surface area contributed by atoms with Crippen molar-refractivity contribution in [1.29, 1.82) is 0 Å². The summed E-state index contributed by atoms with van der Waals surface area (Å²) in [5, 5.41) is 31.2. The van der Waals surface area contributed by atoms with Crippen molar-refractivity contribution >= 4 is 29.0 Å². The van der Waals surface area contributed by atoms with Crippen LogP contribution in [0.4, 0.5) is 11.4 Å². The standard InChI is InChI=1S/C11H14N2O5S/c1-7(15)12-8-2-9(13(17)18)4-11(3-8)19-6-10(16)5-14/h2-4,10,14,16H,5-6H2,1H3,(H,12,15)/t10-/m0/s1. The number of hydrogen-bond donors (Lipinski definition) is 3. The fourth-order valence-corrected chi connectivity index (χ4v) is 2.20. The first-order chi connectivity index (χ1) is 8.92. The van der Waals surface area contributed by atoms with Crippen LogP contribution in [0.15, 0.2) is 23.1 Å². The van der Waals surface area contributed by atoms with E-state index in [4.69, 9.17) is 5.11 Å². The maximum atomic E-state index is 11.0. The molecule has 1 amide bonds. The number of nitrogens with zero attached hydrogens (tertiary/aromatic N) is 1. The summed E-state index contributed by atoms with van der Waals surface area (Å²) in [6.45, 7) is 0.932. The summed E-state index contributed by atoms with van der Waals surface area (Å²) >= 11 is 1.16. The minimum absolute atomic E-state index is 0.146. The third kappa shape index (κ3) is 5.25. The van der Waals surface area contributed by atoms with Gasteiger partial charge in [-0.3, -0.25) is 14.9 Å². The van der Waals surface area contributed by atoms with Crippen LogP contribution in [-0.4, -0.2) is 39.5 Å². The smallest absolute Gasteiger partial charge is 0.272 e. The molecule has 0 saturated heterocycles. The Labute approximate surface area is 113 Å². The molecule has 0 spiro atoms. The Hall–Kier alpha value is -1.64. The van der Waals surface area contributed by atoms with E-state index >= 15 is 0 Å². The van der Waals surface area contributed by atoms with E-state index in [0.717, 1.165) is 11.8 Å². The lowest BCUT2D eigenvalue weighted by atomic mass is 10.3. The highest BCUT2D eigenvalue weighted by Crippen LogP contribution is 2.28. The highest BCUT2D eigenvalue weighted by molar-refractivity contribution is 7.99. The molecule has 0 aromatic heterocycles. The van der Waals surface area contributed by atoms with E-state index in [1.54, 1.807) is 6.07 Å². The highest BCUT2D eigenvalue weighted by atomic mass is 32.2. The fraction of sp³-hybridized carbons (Fsp3) is 0.364. The number of hydrogen-bond acceptors (Lipinski definition) is 6. The summed E-state index contributed by atoms with van der Waals surface area (Å²) < 4.78 is 0. The predicted octanol–water partition coefficient (Wildman–Crippen LogP) is 0.998. The molecule has 0 aliphatic rings. The normalized spacial score (nSPS) is 11.9. The minimum atomic E-state index is -0.895. The Morgan fingerprint density at radius 3 is 2.74 bits per heavy atom. The second-order valence-corrected chi connectivity index (χ2v) is 4.89. The maximum absolute atomic E-state index is 11.0. The summed E-state index contributed by atoms with van der Waals surface area (Å²) in [6, 6.07) is 4.18. The van der Waals surface area contributed by atoms with Crippen LogP contribution in [-0.2, 0) is 4.79 Å². The summed E-state index contributed by atoms with van der Waals surface area (Å²) in [4.78, 5) is 21.7. The maximum Gasteiger partial charge on any atom is 0.272 e. The van der Waals surface area contributed by atoms with Crippen LogP contribution < -0.4 is 5.32 Å². The number of amides is 1. The van der Waals surface area contributed by atoms with E-state index in [1.807, 2.05) is 0 Å². The second-order valence-electron chi connectivity index (χ2n) is 3.80. The third-order valence-corrected chi connectivity index (χ3v) is 3.20. The Kier molecular flexibility index (Phi) is 5.74. The Morgan fingerprint density at radius 2 is 2.21 bits per heavy atom. The monoisotopic (exact) mass is 286 g/mol. The second kappa shape index (κ2) is 7.07. The summed E-state index contributed by atoms with van der Waals surface area (Å²) in [7, 11) is 0. The first kappa shape index (κ1) is 15.4. The zero-order chi connectivity index (χ0) is 14.4. The summed E-state index contributed by atoms with van der Waals surface area (Å²) in [5.41, 5.74) is 0.176. The summed E-state index contributed by atoms with van der Waals surface area (Å²) in [6.07, 6.45) is -0.895. The molecule has 0 radical (unpaired) electrons. The molecule has 3 N–H and O–H groups in total. The van der Waals surface area contributed by atoms with Crippen LogP contribution in [0, 0.1) is 10.1 Å². The largest absolute Gasteiger partial charge is 0.394 e. The van der Waals surface area contributed by atoms with Gasteiger partial charge in [-0.25, -0.2) is 0 Å². The molecule has 1 aromatic carbocycles. The first-order valence-corrected chi connectivity index (χ1v) is 6.39. The molecule has 8 heteroatoms. The van der Waals surface area contributed by atoms with Crippen LogP contribution in [0.1, 0.15) is 6.92 Å². The molecule has 19 heavy (non-hydrogen) atoms. The SMILES string of the molecule is CC(=O)Nc1cc(SC[C@@H](O)CO)cc([N+](=O)[O-])c1. The van der Waals surface area contributed by atoms with Crippen molar-refractivity contribution in [1.82, 2.24) is 0 Å². The van der Waals surface area contributed by atoms with E-state index in [9.17, 15) is 20.0 Å². The number of thioether (sulfide) groups is 1. The Bertz CT molecular complexity index is 480. The number of anilines is 1. The van der Waals surface area contributed by atoms with Gasteiger partial charge >= 0.3 is 0 Å². The number of aliphatic hydroxyl groups excluding tert-OH is 2. The van der Waals surface area contributed by atoms with Gasteiger partial charge in [-0.15, -0.1) is 11.8 Å². The average molecular weight is 286 g/mol. The molecule has 1 rings (SSSR count). The number of nitro groups is 1. The molecular weight excluding hydrogens is 272 g/mol. The van der Waals surface area contributed by atoms with Crippen LogP contribution in [0.25, 0.3) is 0 Å². The van der Waals surface area contributed by atoms with Crippen LogP contribution in [0.2, 0.25) is 0 Å². The molecular formula is C11H14N2O5S. The minimum Gasteiger partial charge on any atom is -0.394 e. The van der Waals surface area contributed by atoms with Crippen molar-refractivity contribution in [2.24, 2.45) is 0 Å². The van der Waals surface area contributed by atoms with Gasteiger partial charge in [0.05, 0.1) is 17.6 Å². The topological polar surface area (TPSA) is 113 Å².